The summed E-state index contributed by atoms with van der Waals surface area (Å²) in [6.45, 7) is 0. The molecule has 0 radical (unpaired) electrons. The number of ketones is 1. The van der Waals surface area contributed by atoms with Crippen LogP contribution in [0.25, 0.3) is 6.08 Å². The van der Waals surface area contributed by atoms with Crippen LogP contribution in [-0.2, 0) is 0 Å². The van der Waals surface area contributed by atoms with Crippen LogP contribution in [-0.4, -0.2) is 20.0 Å². The van der Waals surface area contributed by atoms with Crippen molar-refractivity contribution in [3.8, 4) is 11.5 Å². The van der Waals surface area contributed by atoms with E-state index in [1.165, 1.54) is 11.3 Å². The van der Waals surface area contributed by atoms with Gasteiger partial charge in [-0.05, 0) is 35.2 Å². The molecular formula is C15H14O3S. The third kappa shape index (κ3) is 3.23. The second-order valence-corrected chi connectivity index (χ2v) is 4.74. The minimum Gasteiger partial charge on any atom is -0.493 e. The van der Waals surface area contributed by atoms with Crippen molar-refractivity contribution in [2.45, 2.75) is 0 Å². The first-order chi connectivity index (χ1) is 9.24. The zero-order valence-corrected chi connectivity index (χ0v) is 11.6. The Morgan fingerprint density at radius 2 is 1.95 bits per heavy atom. The van der Waals surface area contributed by atoms with Gasteiger partial charge in [0.15, 0.2) is 17.3 Å². The number of hydrogen-bond acceptors (Lipinski definition) is 4. The van der Waals surface area contributed by atoms with E-state index in [2.05, 4.69) is 0 Å². The van der Waals surface area contributed by atoms with Crippen molar-refractivity contribution in [3.63, 3.8) is 0 Å². The van der Waals surface area contributed by atoms with E-state index in [4.69, 9.17) is 9.47 Å². The number of benzene rings is 1. The Balaban J connectivity index is 2.17. The highest BCUT2D eigenvalue weighted by Gasteiger charge is 2.04. The fraction of sp³-hybridized carbons (Fsp3) is 0.133. The van der Waals surface area contributed by atoms with Crippen molar-refractivity contribution in [2.75, 3.05) is 14.2 Å². The van der Waals surface area contributed by atoms with Gasteiger partial charge in [0, 0.05) is 0 Å². The van der Waals surface area contributed by atoms with E-state index in [0.29, 0.717) is 11.5 Å². The Morgan fingerprint density at radius 3 is 2.58 bits per heavy atom. The predicted octanol–water partition coefficient (Wildman–Crippen LogP) is 3.66. The average molecular weight is 274 g/mol. The molecule has 0 bridgehead atoms. The van der Waals surface area contributed by atoms with E-state index >= 15 is 0 Å². The molecule has 3 nitrogen and oxygen atoms in total. The van der Waals surface area contributed by atoms with E-state index in [9.17, 15) is 4.79 Å². The summed E-state index contributed by atoms with van der Waals surface area (Å²) in [5, 5.41) is 1.89. The highest BCUT2D eigenvalue weighted by molar-refractivity contribution is 7.12. The van der Waals surface area contributed by atoms with Crippen LogP contribution in [0.3, 0.4) is 0 Å². The summed E-state index contributed by atoms with van der Waals surface area (Å²) in [6, 6.07) is 9.19. The molecule has 1 heterocycles. The van der Waals surface area contributed by atoms with Gasteiger partial charge in [-0.15, -0.1) is 11.3 Å². The predicted molar refractivity (Wildman–Crippen MR) is 77.2 cm³/mol. The molecule has 2 rings (SSSR count). The van der Waals surface area contributed by atoms with Crippen molar-refractivity contribution >= 4 is 23.2 Å². The van der Waals surface area contributed by atoms with Crippen molar-refractivity contribution in [3.05, 3.63) is 52.2 Å². The number of allylic oxidation sites excluding steroid dienone is 1. The molecule has 0 aliphatic heterocycles. The fourth-order valence-electron chi connectivity index (χ4n) is 1.63. The molecule has 1 aromatic carbocycles. The van der Waals surface area contributed by atoms with Crippen LogP contribution < -0.4 is 9.47 Å². The molecule has 98 valence electrons. The molecule has 4 heteroatoms. The smallest absolute Gasteiger partial charge is 0.195 e. The van der Waals surface area contributed by atoms with Crippen LogP contribution in [0.5, 0.6) is 11.5 Å². The monoisotopic (exact) mass is 274 g/mol. The van der Waals surface area contributed by atoms with Crippen molar-refractivity contribution in [1.82, 2.24) is 0 Å². The Labute approximate surface area is 116 Å². The van der Waals surface area contributed by atoms with E-state index in [0.717, 1.165) is 10.4 Å². The van der Waals surface area contributed by atoms with Gasteiger partial charge in [0.05, 0.1) is 19.1 Å². The van der Waals surface area contributed by atoms with Crippen LogP contribution in [0.1, 0.15) is 15.2 Å². The summed E-state index contributed by atoms with van der Waals surface area (Å²) in [5.74, 6) is 1.32. The Morgan fingerprint density at radius 1 is 1.16 bits per heavy atom. The highest BCUT2D eigenvalue weighted by Crippen LogP contribution is 2.28. The number of rotatable bonds is 5. The highest BCUT2D eigenvalue weighted by atomic mass is 32.1. The molecule has 0 saturated heterocycles. The van der Waals surface area contributed by atoms with Crippen LogP contribution in [0.15, 0.2) is 41.8 Å². The molecule has 0 atom stereocenters. The largest absolute Gasteiger partial charge is 0.493 e. The molecule has 0 spiro atoms. The fourth-order valence-corrected chi connectivity index (χ4v) is 2.27. The van der Waals surface area contributed by atoms with Crippen LogP contribution >= 0.6 is 11.3 Å². The lowest BCUT2D eigenvalue weighted by molar-refractivity contribution is 0.105. The van der Waals surface area contributed by atoms with Crippen LogP contribution in [0.4, 0.5) is 0 Å². The van der Waals surface area contributed by atoms with Gasteiger partial charge in [-0.25, -0.2) is 0 Å². The Hall–Kier alpha value is -2.07. The quantitative estimate of drug-likeness (QED) is 0.616. The molecule has 2 aromatic rings. The van der Waals surface area contributed by atoms with Gasteiger partial charge in [-0.1, -0.05) is 18.2 Å². The van der Waals surface area contributed by atoms with Gasteiger partial charge in [0.2, 0.25) is 0 Å². The number of ether oxygens (including phenoxy) is 2. The SMILES string of the molecule is COc1ccc(/C=C\C(=O)c2cccs2)cc1OC. The molecular weight excluding hydrogens is 260 g/mol. The Kier molecular flexibility index (Phi) is 4.36. The van der Waals surface area contributed by atoms with E-state index in [1.54, 1.807) is 26.4 Å². The lowest BCUT2D eigenvalue weighted by atomic mass is 10.1. The minimum atomic E-state index is 0.00443. The molecule has 0 fully saturated rings. The molecule has 0 aliphatic rings. The number of hydrogen-bond donors (Lipinski definition) is 0. The molecule has 0 saturated carbocycles. The third-order valence-corrected chi connectivity index (χ3v) is 3.48. The van der Waals surface area contributed by atoms with Gasteiger partial charge < -0.3 is 9.47 Å². The normalized spacial score (nSPS) is 10.6. The lowest BCUT2D eigenvalue weighted by Crippen LogP contribution is -1.91. The Bertz CT molecular complexity index is 585. The van der Waals surface area contributed by atoms with E-state index in [1.807, 2.05) is 35.7 Å². The summed E-state index contributed by atoms with van der Waals surface area (Å²) in [6.07, 6.45) is 3.33. The second kappa shape index (κ2) is 6.20. The van der Waals surface area contributed by atoms with E-state index < -0.39 is 0 Å². The zero-order valence-electron chi connectivity index (χ0n) is 10.8. The maximum absolute atomic E-state index is 11.8. The number of methoxy groups -OCH3 is 2. The topological polar surface area (TPSA) is 35.5 Å². The van der Waals surface area contributed by atoms with Gasteiger partial charge >= 0.3 is 0 Å². The average Bonchev–Trinajstić information content (AvgIpc) is 2.98. The van der Waals surface area contributed by atoms with Crippen molar-refractivity contribution in [2.24, 2.45) is 0 Å². The number of thiophene rings is 1. The van der Waals surface area contributed by atoms with Crippen molar-refractivity contribution < 1.29 is 14.3 Å². The van der Waals surface area contributed by atoms with Crippen molar-refractivity contribution in [1.29, 1.82) is 0 Å². The first kappa shape index (κ1) is 13.4. The first-order valence-electron chi connectivity index (χ1n) is 5.72. The second-order valence-electron chi connectivity index (χ2n) is 3.79. The summed E-state index contributed by atoms with van der Waals surface area (Å²) in [7, 11) is 3.18. The maximum Gasteiger partial charge on any atom is 0.195 e. The van der Waals surface area contributed by atoms with E-state index in [-0.39, 0.29) is 5.78 Å². The molecule has 0 aliphatic carbocycles. The summed E-state index contributed by atoms with van der Waals surface area (Å²) < 4.78 is 10.4. The van der Waals surface area contributed by atoms with Gasteiger partial charge in [-0.3, -0.25) is 4.79 Å². The van der Waals surface area contributed by atoms with Crippen LogP contribution in [0, 0.1) is 0 Å². The third-order valence-electron chi connectivity index (χ3n) is 2.60. The molecule has 1 aromatic heterocycles. The molecule has 0 N–H and O–H groups in total. The summed E-state index contributed by atoms with van der Waals surface area (Å²) in [4.78, 5) is 12.6. The summed E-state index contributed by atoms with van der Waals surface area (Å²) in [5.41, 5.74) is 0.891. The van der Waals surface area contributed by atoms with Crippen LogP contribution in [0.2, 0.25) is 0 Å². The minimum absolute atomic E-state index is 0.00443. The van der Waals surface area contributed by atoms with Gasteiger partial charge in [0.1, 0.15) is 0 Å². The number of carbonyl (C=O) groups is 1. The molecule has 0 unspecified atom stereocenters. The van der Waals surface area contributed by atoms with Gasteiger partial charge in [-0.2, -0.15) is 0 Å². The summed E-state index contributed by atoms with van der Waals surface area (Å²) >= 11 is 1.43. The maximum atomic E-state index is 11.8. The zero-order chi connectivity index (χ0) is 13.7. The van der Waals surface area contributed by atoms with Gasteiger partial charge in [0.25, 0.3) is 0 Å². The molecule has 19 heavy (non-hydrogen) atoms. The number of carbonyl (C=O) groups excluding carboxylic acids is 1. The molecule has 0 amide bonds. The standard InChI is InChI=1S/C15H14O3S/c1-17-13-8-6-11(10-14(13)18-2)5-7-12(16)15-4-3-9-19-15/h3-10H,1-2H3/b7-5-. The first-order valence-corrected chi connectivity index (χ1v) is 6.60. The lowest BCUT2D eigenvalue weighted by Gasteiger charge is -2.07.